The fourth-order valence-corrected chi connectivity index (χ4v) is 1.38. The molecule has 0 aliphatic heterocycles. The summed E-state index contributed by atoms with van der Waals surface area (Å²) in [5.74, 6) is 0.411. The summed E-state index contributed by atoms with van der Waals surface area (Å²) in [6, 6.07) is 0. The van der Waals surface area contributed by atoms with Gasteiger partial charge in [0.15, 0.2) is 0 Å². The number of ether oxygens (including phenoxy) is 1. The number of carbonyl (C=O) groups excluding carboxylic acids is 1. The summed E-state index contributed by atoms with van der Waals surface area (Å²) < 4.78 is 5.24. The smallest absolute Gasteiger partial charge is 0.311 e. The van der Waals surface area contributed by atoms with Crippen molar-refractivity contribution in [3.05, 3.63) is 23.8 Å². The molecule has 0 amide bonds. The molecule has 1 atom stereocenters. The summed E-state index contributed by atoms with van der Waals surface area (Å²) in [5, 5.41) is 0. The Kier molecular flexibility index (Phi) is 3.72. The maximum absolute atomic E-state index is 11.5. The Morgan fingerprint density at radius 2 is 2.20 bits per heavy atom. The summed E-state index contributed by atoms with van der Waals surface area (Å²) in [7, 11) is 0. The summed E-state index contributed by atoms with van der Waals surface area (Å²) in [5.41, 5.74) is 0.691. The Balaban J connectivity index is 2.44. The van der Waals surface area contributed by atoms with Gasteiger partial charge < -0.3 is 4.74 Å². The third-order valence-corrected chi connectivity index (χ3v) is 2.32. The molecule has 0 saturated carbocycles. The highest BCUT2D eigenvalue weighted by atomic mass is 16.5. The van der Waals surface area contributed by atoms with Gasteiger partial charge in [-0.1, -0.05) is 25.2 Å². The predicted octanol–water partition coefficient (Wildman–Crippen LogP) is 3.10. The van der Waals surface area contributed by atoms with Crippen LogP contribution in [0, 0.1) is 11.3 Å². The molecule has 84 valence electrons. The van der Waals surface area contributed by atoms with Gasteiger partial charge in [-0.15, -0.1) is 0 Å². The van der Waals surface area contributed by atoms with Gasteiger partial charge in [-0.3, -0.25) is 4.79 Å². The van der Waals surface area contributed by atoms with Crippen LogP contribution in [0.2, 0.25) is 0 Å². The van der Waals surface area contributed by atoms with E-state index in [-0.39, 0.29) is 5.97 Å². The molecule has 0 saturated heterocycles. The SMILES string of the molecule is CC1C=C(COC(=O)C(C)(C)C)C=CC1. The van der Waals surface area contributed by atoms with E-state index in [1.54, 1.807) is 0 Å². The van der Waals surface area contributed by atoms with Crippen LogP contribution in [0.1, 0.15) is 34.1 Å². The van der Waals surface area contributed by atoms with Gasteiger partial charge in [-0.2, -0.15) is 0 Å². The normalized spacial score (nSPS) is 21.1. The predicted molar refractivity (Wildman–Crippen MR) is 61.4 cm³/mol. The van der Waals surface area contributed by atoms with Crippen molar-refractivity contribution < 1.29 is 9.53 Å². The number of allylic oxidation sites excluding steroid dienone is 2. The first-order chi connectivity index (χ1) is 6.89. The third-order valence-electron chi connectivity index (χ3n) is 2.32. The monoisotopic (exact) mass is 208 g/mol. The molecular weight excluding hydrogens is 188 g/mol. The van der Waals surface area contributed by atoms with Crippen LogP contribution >= 0.6 is 0 Å². The van der Waals surface area contributed by atoms with E-state index in [9.17, 15) is 4.79 Å². The quantitative estimate of drug-likeness (QED) is 0.652. The van der Waals surface area contributed by atoms with Crippen molar-refractivity contribution in [3.63, 3.8) is 0 Å². The molecule has 0 fully saturated rings. The van der Waals surface area contributed by atoms with E-state index >= 15 is 0 Å². The second-order valence-corrected chi connectivity index (χ2v) is 5.18. The molecule has 1 rings (SSSR count). The average Bonchev–Trinajstić information content (AvgIpc) is 2.12. The van der Waals surface area contributed by atoms with Crippen molar-refractivity contribution in [2.24, 2.45) is 11.3 Å². The molecular formula is C13H20O2. The van der Waals surface area contributed by atoms with E-state index in [0.29, 0.717) is 12.5 Å². The Morgan fingerprint density at radius 1 is 1.53 bits per heavy atom. The van der Waals surface area contributed by atoms with Crippen LogP contribution in [0.15, 0.2) is 23.8 Å². The van der Waals surface area contributed by atoms with Crippen molar-refractivity contribution >= 4 is 5.97 Å². The van der Waals surface area contributed by atoms with Gasteiger partial charge in [-0.05, 0) is 38.7 Å². The van der Waals surface area contributed by atoms with E-state index in [2.05, 4.69) is 19.1 Å². The standard InChI is InChI=1S/C13H20O2/c1-10-6-5-7-11(8-10)9-15-12(14)13(2,3)4/h5,7-8,10H,6,9H2,1-4H3. The second kappa shape index (κ2) is 4.65. The second-order valence-electron chi connectivity index (χ2n) is 5.18. The van der Waals surface area contributed by atoms with Crippen molar-refractivity contribution in [2.75, 3.05) is 6.61 Å². The minimum Gasteiger partial charge on any atom is -0.460 e. The van der Waals surface area contributed by atoms with Crippen molar-refractivity contribution in [2.45, 2.75) is 34.1 Å². The van der Waals surface area contributed by atoms with Crippen LogP contribution < -0.4 is 0 Å². The molecule has 1 unspecified atom stereocenters. The summed E-state index contributed by atoms with van der Waals surface area (Å²) in [6.07, 6.45) is 7.41. The number of rotatable bonds is 2. The molecule has 0 aromatic rings. The molecule has 1 aliphatic carbocycles. The minimum absolute atomic E-state index is 0.143. The van der Waals surface area contributed by atoms with E-state index < -0.39 is 5.41 Å². The van der Waals surface area contributed by atoms with Gasteiger partial charge in [-0.25, -0.2) is 0 Å². The largest absolute Gasteiger partial charge is 0.460 e. The van der Waals surface area contributed by atoms with Gasteiger partial charge in [0.2, 0.25) is 0 Å². The van der Waals surface area contributed by atoms with Crippen LogP contribution in [0.3, 0.4) is 0 Å². The molecule has 1 aliphatic rings. The molecule has 0 spiro atoms. The maximum Gasteiger partial charge on any atom is 0.311 e. The van der Waals surface area contributed by atoms with Crippen molar-refractivity contribution in [1.29, 1.82) is 0 Å². The lowest BCUT2D eigenvalue weighted by Crippen LogP contribution is -2.23. The summed E-state index contributed by atoms with van der Waals surface area (Å²) in [4.78, 5) is 11.5. The highest BCUT2D eigenvalue weighted by Gasteiger charge is 2.23. The first kappa shape index (κ1) is 12.0. The maximum atomic E-state index is 11.5. The van der Waals surface area contributed by atoms with Gasteiger partial charge in [0.25, 0.3) is 0 Å². The fourth-order valence-electron chi connectivity index (χ4n) is 1.38. The van der Waals surface area contributed by atoms with E-state index in [4.69, 9.17) is 4.74 Å². The van der Waals surface area contributed by atoms with Crippen molar-refractivity contribution in [1.82, 2.24) is 0 Å². The van der Waals surface area contributed by atoms with Crippen LogP contribution in [-0.4, -0.2) is 12.6 Å². The molecule has 0 aromatic heterocycles. The van der Waals surface area contributed by atoms with Crippen LogP contribution in [0.4, 0.5) is 0 Å². The zero-order chi connectivity index (χ0) is 11.5. The first-order valence-corrected chi connectivity index (χ1v) is 5.44. The lowest BCUT2D eigenvalue weighted by Gasteiger charge is -2.18. The van der Waals surface area contributed by atoms with Crippen LogP contribution in [0.25, 0.3) is 0 Å². The van der Waals surface area contributed by atoms with Gasteiger partial charge in [0, 0.05) is 0 Å². The molecule has 0 aromatic carbocycles. The summed E-state index contributed by atoms with van der Waals surface area (Å²) >= 11 is 0. The highest BCUT2D eigenvalue weighted by molar-refractivity contribution is 5.75. The molecule has 2 nitrogen and oxygen atoms in total. The Hall–Kier alpha value is -1.05. The fraction of sp³-hybridized carbons (Fsp3) is 0.615. The Bertz CT molecular complexity index is 292. The van der Waals surface area contributed by atoms with Gasteiger partial charge >= 0.3 is 5.97 Å². The lowest BCUT2D eigenvalue weighted by molar-refractivity contribution is -0.151. The topological polar surface area (TPSA) is 26.3 Å². The van der Waals surface area contributed by atoms with Gasteiger partial charge in [0.1, 0.15) is 6.61 Å². The Labute approximate surface area is 92.0 Å². The first-order valence-electron chi connectivity index (χ1n) is 5.44. The van der Waals surface area contributed by atoms with Crippen LogP contribution in [0.5, 0.6) is 0 Å². The van der Waals surface area contributed by atoms with Crippen molar-refractivity contribution in [3.8, 4) is 0 Å². The van der Waals surface area contributed by atoms with E-state index in [1.807, 2.05) is 26.8 Å². The average molecular weight is 208 g/mol. The number of hydrogen-bond donors (Lipinski definition) is 0. The zero-order valence-electron chi connectivity index (χ0n) is 10.0. The number of hydrogen-bond acceptors (Lipinski definition) is 2. The lowest BCUT2D eigenvalue weighted by atomic mass is 9.97. The molecule has 2 heteroatoms. The molecule has 0 radical (unpaired) electrons. The molecule has 0 N–H and O–H groups in total. The van der Waals surface area contributed by atoms with E-state index in [1.165, 1.54) is 0 Å². The number of carbonyl (C=O) groups is 1. The Morgan fingerprint density at radius 3 is 2.73 bits per heavy atom. The zero-order valence-corrected chi connectivity index (χ0v) is 10.0. The van der Waals surface area contributed by atoms with Crippen LogP contribution in [-0.2, 0) is 9.53 Å². The number of esters is 1. The summed E-state index contributed by atoms with van der Waals surface area (Å²) in [6.45, 7) is 8.15. The minimum atomic E-state index is -0.412. The van der Waals surface area contributed by atoms with E-state index in [0.717, 1.165) is 12.0 Å². The third kappa shape index (κ3) is 3.90. The molecule has 15 heavy (non-hydrogen) atoms. The highest BCUT2D eigenvalue weighted by Crippen LogP contribution is 2.19. The molecule has 0 bridgehead atoms. The van der Waals surface area contributed by atoms with Gasteiger partial charge in [0.05, 0.1) is 5.41 Å². The molecule has 0 heterocycles.